The van der Waals surface area contributed by atoms with E-state index < -0.39 is 0 Å². The number of anilines is 1. The van der Waals surface area contributed by atoms with Crippen molar-refractivity contribution >= 4 is 17.3 Å². The monoisotopic (exact) mass is 275 g/mol. The van der Waals surface area contributed by atoms with E-state index in [0.717, 1.165) is 29.3 Å². The Morgan fingerprint density at radius 3 is 3.00 bits per heavy atom. The Labute approximate surface area is 117 Å². The van der Waals surface area contributed by atoms with Crippen LogP contribution in [0, 0.1) is 0 Å². The number of benzene rings is 2. The minimum absolute atomic E-state index is 0.0407. The summed E-state index contributed by atoms with van der Waals surface area (Å²) in [6.07, 6.45) is -0.0407. The minimum atomic E-state index is -0.0407. The molecule has 0 bridgehead atoms. The highest BCUT2D eigenvalue weighted by Crippen LogP contribution is 2.36. The Kier molecular flexibility index (Phi) is 3.22. The van der Waals surface area contributed by atoms with Crippen LogP contribution in [0.5, 0.6) is 11.5 Å². The zero-order chi connectivity index (χ0) is 13.2. The number of hydrogen-bond donors (Lipinski definition) is 1. The van der Waals surface area contributed by atoms with Crippen molar-refractivity contribution in [1.82, 2.24) is 0 Å². The molecule has 4 heteroatoms. The van der Waals surface area contributed by atoms with Crippen LogP contribution in [0.2, 0.25) is 5.02 Å². The average molecular weight is 276 g/mol. The molecule has 0 aromatic heterocycles. The molecule has 3 nitrogen and oxygen atoms in total. The lowest BCUT2D eigenvalue weighted by molar-refractivity contribution is 0.210. The third-order valence-electron chi connectivity index (χ3n) is 3.16. The number of ether oxygens (including phenoxy) is 2. The average Bonchev–Trinajstić information content (AvgIpc) is 2.46. The number of nitrogens with one attached hydrogen (secondary N) is 1. The van der Waals surface area contributed by atoms with Gasteiger partial charge in [-0.25, -0.2) is 0 Å². The van der Waals surface area contributed by atoms with E-state index in [4.69, 9.17) is 21.1 Å². The molecule has 0 aliphatic carbocycles. The lowest BCUT2D eigenvalue weighted by atomic mass is 10.1. The van der Waals surface area contributed by atoms with Gasteiger partial charge in [0, 0.05) is 11.1 Å². The first-order valence-electron chi connectivity index (χ1n) is 6.10. The fourth-order valence-electron chi connectivity index (χ4n) is 2.16. The highest BCUT2D eigenvalue weighted by molar-refractivity contribution is 6.30. The SMILES string of the molecule is COc1cccc(C2CNc3ccc(Cl)cc3O2)c1. The number of rotatable bonds is 2. The van der Waals surface area contributed by atoms with Crippen LogP contribution in [0.3, 0.4) is 0 Å². The number of fused-ring (bicyclic) bond motifs is 1. The molecule has 98 valence electrons. The summed E-state index contributed by atoms with van der Waals surface area (Å²) in [7, 11) is 1.66. The third-order valence-corrected chi connectivity index (χ3v) is 3.39. The molecule has 0 amide bonds. The Bertz CT molecular complexity index is 600. The van der Waals surface area contributed by atoms with Crippen molar-refractivity contribution in [3.63, 3.8) is 0 Å². The van der Waals surface area contributed by atoms with Crippen LogP contribution in [-0.2, 0) is 0 Å². The topological polar surface area (TPSA) is 30.5 Å². The first kappa shape index (κ1) is 12.2. The van der Waals surface area contributed by atoms with Gasteiger partial charge >= 0.3 is 0 Å². The van der Waals surface area contributed by atoms with Gasteiger partial charge < -0.3 is 14.8 Å². The molecular weight excluding hydrogens is 262 g/mol. The van der Waals surface area contributed by atoms with Crippen LogP contribution in [0.1, 0.15) is 11.7 Å². The first-order chi connectivity index (χ1) is 9.26. The van der Waals surface area contributed by atoms with Gasteiger partial charge in [-0.1, -0.05) is 23.7 Å². The Morgan fingerprint density at radius 1 is 1.26 bits per heavy atom. The molecule has 0 fully saturated rings. The van der Waals surface area contributed by atoms with Crippen molar-refractivity contribution in [1.29, 1.82) is 0 Å². The van der Waals surface area contributed by atoms with E-state index in [1.807, 2.05) is 42.5 Å². The molecule has 2 aromatic rings. The predicted molar refractivity (Wildman–Crippen MR) is 76.3 cm³/mol. The van der Waals surface area contributed by atoms with E-state index >= 15 is 0 Å². The van der Waals surface area contributed by atoms with Gasteiger partial charge in [-0.3, -0.25) is 0 Å². The molecule has 0 saturated heterocycles. The van der Waals surface area contributed by atoms with Crippen LogP contribution >= 0.6 is 11.6 Å². The maximum atomic E-state index is 6.00. The summed E-state index contributed by atoms with van der Waals surface area (Å²) in [4.78, 5) is 0. The molecular formula is C15H14ClNO2. The van der Waals surface area contributed by atoms with Crippen molar-refractivity contribution in [3.05, 3.63) is 53.1 Å². The van der Waals surface area contributed by atoms with Gasteiger partial charge in [0.1, 0.15) is 17.6 Å². The fraction of sp³-hybridized carbons (Fsp3) is 0.200. The summed E-state index contributed by atoms with van der Waals surface area (Å²) < 4.78 is 11.2. The largest absolute Gasteiger partial charge is 0.497 e. The molecule has 19 heavy (non-hydrogen) atoms. The van der Waals surface area contributed by atoms with Crippen molar-refractivity contribution in [2.75, 3.05) is 19.0 Å². The standard InChI is InChI=1S/C15H14ClNO2/c1-18-12-4-2-3-10(7-12)15-9-17-13-6-5-11(16)8-14(13)19-15/h2-8,15,17H,9H2,1H3. The molecule has 3 rings (SSSR count). The van der Waals surface area contributed by atoms with E-state index in [2.05, 4.69) is 5.32 Å². The number of halogens is 1. The second-order valence-corrected chi connectivity index (χ2v) is 4.84. The highest BCUT2D eigenvalue weighted by atomic mass is 35.5. The lowest BCUT2D eigenvalue weighted by Crippen LogP contribution is -2.23. The summed E-state index contributed by atoms with van der Waals surface area (Å²) in [6, 6.07) is 13.5. The van der Waals surface area contributed by atoms with Crippen LogP contribution in [0.4, 0.5) is 5.69 Å². The van der Waals surface area contributed by atoms with Crippen LogP contribution in [-0.4, -0.2) is 13.7 Å². The van der Waals surface area contributed by atoms with Crippen LogP contribution in [0.25, 0.3) is 0 Å². The molecule has 1 N–H and O–H groups in total. The zero-order valence-corrected chi connectivity index (χ0v) is 11.3. The number of methoxy groups -OCH3 is 1. The van der Waals surface area contributed by atoms with E-state index in [0.29, 0.717) is 5.02 Å². The first-order valence-corrected chi connectivity index (χ1v) is 6.48. The molecule has 1 aliphatic rings. The van der Waals surface area contributed by atoms with Crippen molar-refractivity contribution < 1.29 is 9.47 Å². The van der Waals surface area contributed by atoms with Crippen molar-refractivity contribution in [2.45, 2.75) is 6.10 Å². The quantitative estimate of drug-likeness (QED) is 0.902. The summed E-state index contributed by atoms with van der Waals surface area (Å²) in [5.74, 6) is 1.62. The van der Waals surface area contributed by atoms with E-state index in [1.54, 1.807) is 7.11 Å². The molecule has 0 radical (unpaired) electrons. The van der Waals surface area contributed by atoms with E-state index in [1.165, 1.54) is 0 Å². The van der Waals surface area contributed by atoms with Gasteiger partial charge in [-0.15, -0.1) is 0 Å². The maximum absolute atomic E-state index is 6.00. The summed E-state index contributed by atoms with van der Waals surface area (Å²) in [5, 5.41) is 4.02. The molecule has 1 aliphatic heterocycles. The van der Waals surface area contributed by atoms with E-state index in [9.17, 15) is 0 Å². The van der Waals surface area contributed by atoms with Gasteiger partial charge in [0.05, 0.1) is 19.3 Å². The van der Waals surface area contributed by atoms with Crippen LogP contribution in [0.15, 0.2) is 42.5 Å². The van der Waals surface area contributed by atoms with Gasteiger partial charge in [-0.2, -0.15) is 0 Å². The van der Waals surface area contributed by atoms with Crippen molar-refractivity contribution in [2.24, 2.45) is 0 Å². The Hall–Kier alpha value is -1.87. The summed E-state index contributed by atoms with van der Waals surface area (Å²) in [6.45, 7) is 0.724. The molecule has 1 unspecified atom stereocenters. The smallest absolute Gasteiger partial charge is 0.144 e. The van der Waals surface area contributed by atoms with Gasteiger partial charge in [0.25, 0.3) is 0 Å². The summed E-state index contributed by atoms with van der Waals surface area (Å²) in [5.41, 5.74) is 2.06. The maximum Gasteiger partial charge on any atom is 0.144 e. The third kappa shape index (κ3) is 2.47. The highest BCUT2D eigenvalue weighted by Gasteiger charge is 2.21. The molecule has 0 spiro atoms. The van der Waals surface area contributed by atoms with Gasteiger partial charge in [0.2, 0.25) is 0 Å². The second-order valence-electron chi connectivity index (χ2n) is 4.40. The Morgan fingerprint density at radius 2 is 2.16 bits per heavy atom. The van der Waals surface area contributed by atoms with Crippen molar-refractivity contribution in [3.8, 4) is 11.5 Å². The van der Waals surface area contributed by atoms with Gasteiger partial charge in [0.15, 0.2) is 0 Å². The molecule has 0 saturated carbocycles. The number of hydrogen-bond acceptors (Lipinski definition) is 3. The zero-order valence-electron chi connectivity index (χ0n) is 10.5. The van der Waals surface area contributed by atoms with E-state index in [-0.39, 0.29) is 6.10 Å². The Balaban J connectivity index is 1.88. The predicted octanol–water partition coefficient (Wildman–Crippen LogP) is 3.89. The molecule has 1 atom stereocenters. The second kappa shape index (κ2) is 5.02. The minimum Gasteiger partial charge on any atom is -0.497 e. The molecule has 1 heterocycles. The molecule has 2 aromatic carbocycles. The summed E-state index contributed by atoms with van der Waals surface area (Å²) >= 11 is 5.99. The lowest BCUT2D eigenvalue weighted by Gasteiger charge is -2.28. The normalized spacial score (nSPS) is 17.1. The van der Waals surface area contributed by atoms with Crippen LogP contribution < -0.4 is 14.8 Å². The fourth-order valence-corrected chi connectivity index (χ4v) is 2.33. The van der Waals surface area contributed by atoms with Gasteiger partial charge in [-0.05, 0) is 29.8 Å².